The summed E-state index contributed by atoms with van der Waals surface area (Å²) in [6.45, 7) is 0.542. The van der Waals surface area contributed by atoms with Crippen molar-refractivity contribution in [2.75, 3.05) is 13.7 Å². The zero-order valence-corrected chi connectivity index (χ0v) is 12.2. The number of ether oxygens (including phenoxy) is 1. The molecule has 0 saturated heterocycles. The number of carbonyl (C=O) groups is 1. The number of hydrogen-bond acceptors (Lipinski definition) is 5. The van der Waals surface area contributed by atoms with E-state index in [0.717, 1.165) is 40.2 Å². The fourth-order valence-corrected chi connectivity index (χ4v) is 2.59. The van der Waals surface area contributed by atoms with Gasteiger partial charge in [0.15, 0.2) is 5.69 Å². The second-order valence-corrected chi connectivity index (χ2v) is 5.13. The van der Waals surface area contributed by atoms with Crippen LogP contribution in [0.1, 0.15) is 16.1 Å². The molecule has 0 spiro atoms. The number of fused-ring (bicyclic) bond motifs is 1. The first-order chi connectivity index (χ1) is 10.3. The second kappa shape index (κ2) is 5.92. The highest BCUT2D eigenvalue weighted by molar-refractivity contribution is 7.03. The van der Waals surface area contributed by atoms with Crippen molar-refractivity contribution >= 4 is 28.3 Å². The number of hydrogen-bond donors (Lipinski definition) is 2. The van der Waals surface area contributed by atoms with Crippen LogP contribution in [0.2, 0.25) is 0 Å². The van der Waals surface area contributed by atoms with Crippen molar-refractivity contribution < 1.29 is 9.53 Å². The minimum Gasteiger partial charge on any atom is -0.497 e. The first-order valence-corrected chi connectivity index (χ1v) is 7.31. The molecule has 1 aromatic carbocycles. The van der Waals surface area contributed by atoms with Crippen LogP contribution in [0, 0.1) is 0 Å². The Hall–Kier alpha value is -2.41. The van der Waals surface area contributed by atoms with Crippen LogP contribution in [0.25, 0.3) is 10.9 Å². The summed E-state index contributed by atoms with van der Waals surface area (Å²) >= 11 is 1.16. The van der Waals surface area contributed by atoms with E-state index in [0.29, 0.717) is 12.2 Å². The molecule has 0 saturated carbocycles. The summed E-state index contributed by atoms with van der Waals surface area (Å²) in [5.41, 5.74) is 2.56. The van der Waals surface area contributed by atoms with E-state index >= 15 is 0 Å². The summed E-state index contributed by atoms with van der Waals surface area (Å²) < 4.78 is 8.91. The number of carbonyl (C=O) groups excluding carboxylic acids is 1. The molecule has 3 aromatic rings. The summed E-state index contributed by atoms with van der Waals surface area (Å²) in [6, 6.07) is 5.89. The Labute approximate surface area is 125 Å². The highest BCUT2D eigenvalue weighted by Crippen LogP contribution is 2.23. The fraction of sp³-hybridized carbons (Fsp3) is 0.214. The molecule has 0 radical (unpaired) electrons. The van der Waals surface area contributed by atoms with Gasteiger partial charge in [0.05, 0.1) is 7.11 Å². The Balaban J connectivity index is 1.66. The third-order valence-corrected chi connectivity index (χ3v) is 3.75. The molecule has 0 aliphatic rings. The predicted octanol–water partition coefficient (Wildman–Crippen LogP) is 2.00. The number of amides is 1. The molecule has 2 aromatic heterocycles. The molecule has 1 amide bonds. The highest BCUT2D eigenvalue weighted by Gasteiger charge is 2.09. The van der Waals surface area contributed by atoms with Gasteiger partial charge in [-0.1, -0.05) is 4.49 Å². The number of rotatable bonds is 5. The van der Waals surface area contributed by atoms with Gasteiger partial charge in [-0.3, -0.25) is 4.79 Å². The summed E-state index contributed by atoms with van der Waals surface area (Å²) in [6.07, 6.45) is 2.69. The quantitative estimate of drug-likeness (QED) is 0.755. The number of benzene rings is 1. The lowest BCUT2D eigenvalue weighted by Crippen LogP contribution is -2.25. The van der Waals surface area contributed by atoms with Gasteiger partial charge in [0.1, 0.15) is 5.75 Å². The van der Waals surface area contributed by atoms with Crippen molar-refractivity contribution in [1.82, 2.24) is 19.9 Å². The Morgan fingerprint density at radius 3 is 3.14 bits per heavy atom. The van der Waals surface area contributed by atoms with Crippen LogP contribution in [-0.4, -0.2) is 34.1 Å². The molecule has 0 aliphatic heterocycles. The van der Waals surface area contributed by atoms with Crippen LogP contribution >= 0.6 is 11.5 Å². The van der Waals surface area contributed by atoms with E-state index in [1.54, 1.807) is 12.5 Å². The van der Waals surface area contributed by atoms with E-state index in [2.05, 4.69) is 19.9 Å². The summed E-state index contributed by atoms with van der Waals surface area (Å²) in [4.78, 5) is 15.0. The Kier molecular flexibility index (Phi) is 3.83. The van der Waals surface area contributed by atoms with Gasteiger partial charge >= 0.3 is 0 Å². The first-order valence-electron chi connectivity index (χ1n) is 6.47. The van der Waals surface area contributed by atoms with Crippen LogP contribution in [0.5, 0.6) is 5.75 Å². The van der Waals surface area contributed by atoms with Gasteiger partial charge in [-0.2, -0.15) is 0 Å². The van der Waals surface area contributed by atoms with Crippen molar-refractivity contribution in [1.29, 1.82) is 0 Å². The van der Waals surface area contributed by atoms with E-state index in [9.17, 15) is 4.79 Å². The number of aromatic nitrogens is 3. The molecule has 21 heavy (non-hydrogen) atoms. The van der Waals surface area contributed by atoms with Crippen LogP contribution < -0.4 is 10.1 Å². The molecular weight excluding hydrogens is 288 g/mol. The molecule has 2 heterocycles. The van der Waals surface area contributed by atoms with E-state index < -0.39 is 0 Å². The van der Waals surface area contributed by atoms with E-state index in [-0.39, 0.29) is 5.91 Å². The molecule has 7 heteroatoms. The molecular formula is C14H14N4O2S. The number of nitrogens with zero attached hydrogens (tertiary/aromatic N) is 2. The average Bonchev–Trinajstić information content (AvgIpc) is 3.16. The molecule has 2 N–H and O–H groups in total. The minimum atomic E-state index is -0.193. The standard InChI is InChI=1S/C14H14N4O2S/c1-20-10-2-3-12-11(6-10)9(7-16-12)4-5-15-14(19)13-8-21-18-17-13/h2-3,6-8,16H,4-5H2,1H3,(H,15,19). The molecule has 0 aliphatic carbocycles. The number of aromatic amines is 1. The Morgan fingerprint density at radius 2 is 2.38 bits per heavy atom. The molecule has 0 bridgehead atoms. The van der Waals surface area contributed by atoms with Crippen LogP contribution in [0.4, 0.5) is 0 Å². The highest BCUT2D eigenvalue weighted by atomic mass is 32.1. The SMILES string of the molecule is COc1ccc2[nH]cc(CCNC(=O)c3csnn3)c2c1. The maximum atomic E-state index is 11.8. The van der Waals surface area contributed by atoms with Crippen LogP contribution in [-0.2, 0) is 6.42 Å². The molecule has 3 rings (SSSR count). The van der Waals surface area contributed by atoms with Gasteiger partial charge in [0.2, 0.25) is 0 Å². The van der Waals surface area contributed by atoms with Crippen molar-refractivity contribution in [2.24, 2.45) is 0 Å². The first kappa shape index (κ1) is 13.6. The fourth-order valence-electron chi connectivity index (χ4n) is 2.16. The lowest BCUT2D eigenvalue weighted by atomic mass is 10.1. The molecule has 0 atom stereocenters. The van der Waals surface area contributed by atoms with Gasteiger partial charge in [-0.15, -0.1) is 5.10 Å². The maximum Gasteiger partial charge on any atom is 0.272 e. The van der Waals surface area contributed by atoms with Crippen molar-refractivity contribution in [3.05, 3.63) is 41.0 Å². The smallest absolute Gasteiger partial charge is 0.272 e. The third-order valence-electron chi connectivity index (χ3n) is 3.25. The van der Waals surface area contributed by atoms with Crippen molar-refractivity contribution in [3.63, 3.8) is 0 Å². The summed E-state index contributed by atoms with van der Waals surface area (Å²) in [5, 5.41) is 9.32. The van der Waals surface area contributed by atoms with E-state index in [1.165, 1.54) is 0 Å². The maximum absolute atomic E-state index is 11.8. The van der Waals surface area contributed by atoms with Gasteiger partial charge in [-0.05, 0) is 41.7 Å². The largest absolute Gasteiger partial charge is 0.497 e. The minimum absolute atomic E-state index is 0.193. The van der Waals surface area contributed by atoms with Gasteiger partial charge in [0.25, 0.3) is 5.91 Å². The topological polar surface area (TPSA) is 79.9 Å². The van der Waals surface area contributed by atoms with Crippen LogP contribution in [0.15, 0.2) is 29.8 Å². The summed E-state index contributed by atoms with van der Waals surface area (Å²) in [7, 11) is 1.65. The zero-order chi connectivity index (χ0) is 14.7. The summed E-state index contributed by atoms with van der Waals surface area (Å²) in [5.74, 6) is 0.627. The van der Waals surface area contributed by atoms with Gasteiger partial charge < -0.3 is 15.0 Å². The third kappa shape index (κ3) is 2.87. The normalized spacial score (nSPS) is 10.7. The Bertz CT molecular complexity index is 752. The van der Waals surface area contributed by atoms with Crippen molar-refractivity contribution in [2.45, 2.75) is 6.42 Å². The Morgan fingerprint density at radius 1 is 1.48 bits per heavy atom. The number of H-pyrrole nitrogens is 1. The molecule has 0 fully saturated rings. The zero-order valence-electron chi connectivity index (χ0n) is 11.4. The van der Waals surface area contributed by atoms with Crippen LogP contribution in [0.3, 0.4) is 0 Å². The number of nitrogens with one attached hydrogen (secondary N) is 2. The lowest BCUT2D eigenvalue weighted by Gasteiger charge is -2.03. The lowest BCUT2D eigenvalue weighted by molar-refractivity contribution is 0.0949. The van der Waals surface area contributed by atoms with E-state index in [4.69, 9.17) is 4.74 Å². The predicted molar refractivity (Wildman–Crippen MR) is 80.8 cm³/mol. The molecule has 6 nitrogen and oxygen atoms in total. The molecule has 0 unspecified atom stereocenters. The van der Waals surface area contributed by atoms with Crippen molar-refractivity contribution in [3.8, 4) is 5.75 Å². The van der Waals surface area contributed by atoms with Gasteiger partial charge in [0, 0.05) is 29.0 Å². The van der Waals surface area contributed by atoms with Gasteiger partial charge in [-0.25, -0.2) is 0 Å². The monoisotopic (exact) mass is 302 g/mol. The second-order valence-electron chi connectivity index (χ2n) is 4.52. The molecule has 108 valence electrons. The average molecular weight is 302 g/mol. The van der Waals surface area contributed by atoms with E-state index in [1.807, 2.05) is 24.4 Å². The number of methoxy groups -OCH3 is 1.